The summed E-state index contributed by atoms with van der Waals surface area (Å²) in [5, 5.41) is 43.3. The van der Waals surface area contributed by atoms with Gasteiger partial charge in [-0.3, -0.25) is 34.1 Å². The Morgan fingerprint density at radius 2 is 1.59 bits per heavy atom. The van der Waals surface area contributed by atoms with Crippen molar-refractivity contribution in [3.63, 3.8) is 0 Å². The maximum absolute atomic E-state index is 12.4. The molecule has 0 radical (unpaired) electrons. The summed E-state index contributed by atoms with van der Waals surface area (Å²) in [5.41, 5.74) is -0.660. The molecule has 0 saturated heterocycles. The lowest BCUT2D eigenvalue weighted by Gasteiger charge is -2.42. The summed E-state index contributed by atoms with van der Waals surface area (Å²) < 4.78 is 27.1. The monoisotopic (exact) mass is 551 g/mol. The van der Waals surface area contributed by atoms with Gasteiger partial charge in [0.15, 0.2) is 0 Å². The van der Waals surface area contributed by atoms with Gasteiger partial charge >= 0.3 is 19.5 Å². The number of hydrogen-bond donors (Lipinski definition) is 2. The van der Waals surface area contributed by atoms with Crippen LogP contribution in [0.5, 0.6) is 5.75 Å². The first-order chi connectivity index (χ1) is 17.1. The molecule has 0 aliphatic heterocycles. The first-order valence-electron chi connectivity index (χ1n) is 11.5. The Morgan fingerprint density at radius 3 is 2.11 bits per heavy atom. The van der Waals surface area contributed by atoms with Gasteiger partial charge < -0.3 is 24.3 Å². The van der Waals surface area contributed by atoms with Gasteiger partial charge in [-0.2, -0.15) is 0 Å². The fourth-order valence-electron chi connectivity index (χ4n) is 3.22. The van der Waals surface area contributed by atoms with Crippen LogP contribution < -0.4 is 9.84 Å². The number of phosphoric acid groups is 1. The van der Waals surface area contributed by atoms with E-state index in [1.165, 1.54) is 21.1 Å². The number of unbranched alkanes of at least 4 members (excludes halogenated alkanes) is 5. The number of likely N-dealkylation sites (N-methyl/N-ethyl adjacent to an activating group) is 1. The molecule has 0 bridgehead atoms. The van der Waals surface area contributed by atoms with Crippen molar-refractivity contribution in [3.05, 3.63) is 38.4 Å². The molecule has 3 atom stereocenters. The molecule has 1 aromatic carbocycles. The molecule has 0 aromatic heterocycles. The smallest absolute Gasteiger partial charge is 0.472 e. The third-order valence-corrected chi connectivity index (χ3v) is 6.17. The van der Waals surface area contributed by atoms with E-state index < -0.39 is 42.4 Å². The van der Waals surface area contributed by atoms with E-state index in [1.807, 2.05) is 0 Å². The fraction of sp³-hybridized carbons (Fsp3) is 0.667. The lowest BCUT2D eigenvalue weighted by molar-refractivity contribution is -0.973. The zero-order chi connectivity index (χ0) is 28.2. The lowest BCUT2D eigenvalue weighted by Crippen LogP contribution is -2.60. The molecule has 0 fully saturated rings. The molecule has 0 amide bonds. The van der Waals surface area contributed by atoms with Crippen LogP contribution in [0.25, 0.3) is 0 Å². The number of nitro groups is 2. The largest absolute Gasteiger partial charge is 0.804 e. The van der Waals surface area contributed by atoms with Gasteiger partial charge in [0.25, 0.3) is 5.69 Å². The van der Waals surface area contributed by atoms with Crippen LogP contribution in [0.4, 0.5) is 11.4 Å². The number of nitro benzene ring substituents is 2. The predicted octanol–water partition coefficient (Wildman–Crippen LogP) is 2.59. The summed E-state index contributed by atoms with van der Waals surface area (Å²) in [4.78, 5) is 41.5. The average Bonchev–Trinajstić information content (AvgIpc) is 2.77. The van der Waals surface area contributed by atoms with Gasteiger partial charge in [-0.1, -0.05) is 25.7 Å². The third-order valence-electron chi connectivity index (χ3n) is 5.13. The Morgan fingerprint density at radius 1 is 1.03 bits per heavy atom. The number of carbonyl (C=O) groups is 1. The Labute approximate surface area is 214 Å². The molecule has 2 N–H and O–H groups in total. The molecular formula is C21H34N3O12P. The van der Waals surface area contributed by atoms with Gasteiger partial charge in [-0.15, -0.1) is 0 Å². The van der Waals surface area contributed by atoms with Gasteiger partial charge in [-0.05, 0) is 12.8 Å². The number of non-ortho nitro benzene ring substituents is 1. The fourth-order valence-corrected chi connectivity index (χ4v) is 4.16. The minimum Gasteiger partial charge on any atom is -0.804 e. The van der Waals surface area contributed by atoms with Crippen molar-refractivity contribution in [1.82, 2.24) is 0 Å². The van der Waals surface area contributed by atoms with E-state index in [9.17, 15) is 39.6 Å². The molecule has 0 aliphatic rings. The highest BCUT2D eigenvalue weighted by atomic mass is 31.2. The lowest BCUT2D eigenvalue weighted by atomic mass is 10.1. The summed E-state index contributed by atoms with van der Waals surface area (Å²) in [6, 6.07) is 3.09. The predicted molar refractivity (Wildman–Crippen MR) is 128 cm³/mol. The van der Waals surface area contributed by atoms with Gasteiger partial charge in [-0.25, -0.2) is 4.57 Å². The Bertz CT molecular complexity index is 969. The van der Waals surface area contributed by atoms with E-state index >= 15 is 0 Å². The van der Waals surface area contributed by atoms with Gasteiger partial charge in [0.2, 0.25) is 5.75 Å². The molecule has 1 aromatic rings. The van der Waals surface area contributed by atoms with Crippen molar-refractivity contribution < 1.29 is 52.6 Å². The van der Waals surface area contributed by atoms with E-state index in [1.54, 1.807) is 0 Å². The van der Waals surface area contributed by atoms with Crippen LogP contribution in [0, 0.1) is 20.2 Å². The zero-order valence-corrected chi connectivity index (χ0v) is 21.9. The van der Waals surface area contributed by atoms with Gasteiger partial charge in [0, 0.05) is 18.4 Å². The van der Waals surface area contributed by atoms with Gasteiger partial charge in [0.05, 0.1) is 56.7 Å². The second-order valence-corrected chi connectivity index (χ2v) is 10.6. The van der Waals surface area contributed by atoms with Crippen LogP contribution in [-0.2, 0) is 18.4 Å². The first kappa shape index (κ1) is 32.3. The number of quaternary nitrogens is 1. The van der Waals surface area contributed by atoms with E-state index in [4.69, 9.17) is 18.9 Å². The normalized spacial score (nSPS) is 14.9. The molecule has 210 valence electrons. The summed E-state index contributed by atoms with van der Waals surface area (Å²) >= 11 is 0. The second-order valence-electron chi connectivity index (χ2n) is 9.19. The molecule has 15 nitrogen and oxygen atoms in total. The standard InChI is InChI=1S/C21H34N3O12P/c1-24(2,3)21(27)19(15-20(25)26)36-37(32,33)35-13-9-7-5-4-6-8-12-34-18-14-16(22(28)29)10-11-17(18)23(30)31/h10-11,14,19,21H,4-9,12-13,15H2,1-3H3,(H,25,26)(H,32,33)/t19-,21?/m1/s1. The average molecular weight is 551 g/mol. The molecule has 1 rings (SSSR count). The van der Waals surface area contributed by atoms with Crippen molar-refractivity contribution in [1.29, 1.82) is 0 Å². The molecule has 37 heavy (non-hydrogen) atoms. The quantitative estimate of drug-likeness (QED) is 0.0634. The maximum atomic E-state index is 12.4. The molecule has 0 saturated carbocycles. The number of ether oxygens (including phenoxy) is 1. The van der Waals surface area contributed by atoms with E-state index in [0.717, 1.165) is 37.5 Å². The number of rotatable bonds is 19. The molecule has 0 aliphatic carbocycles. The number of carboxylic acids is 1. The molecular weight excluding hydrogens is 517 g/mol. The van der Waals surface area contributed by atoms with Crippen LogP contribution >= 0.6 is 7.82 Å². The Kier molecular flexibility index (Phi) is 13.0. The highest BCUT2D eigenvalue weighted by Gasteiger charge is 2.34. The van der Waals surface area contributed by atoms with Crippen LogP contribution in [-0.4, -0.2) is 77.0 Å². The van der Waals surface area contributed by atoms with Gasteiger partial charge in [0.1, 0.15) is 6.10 Å². The van der Waals surface area contributed by atoms with E-state index in [-0.39, 0.29) is 34.8 Å². The molecule has 16 heteroatoms. The van der Waals surface area contributed by atoms with Crippen LogP contribution in [0.15, 0.2) is 18.2 Å². The molecule has 0 heterocycles. The molecule has 2 unspecified atom stereocenters. The SMILES string of the molecule is C[N+](C)(C)C([O-])[C@@H](CC(=O)O)OP(=O)(O)OCCCCCCCCOc1cc([N+](=O)[O-])ccc1[N+](=O)[O-]. The van der Waals surface area contributed by atoms with Crippen molar-refractivity contribution in [2.24, 2.45) is 0 Å². The summed E-state index contributed by atoms with van der Waals surface area (Å²) in [5.74, 6) is -1.50. The first-order valence-corrected chi connectivity index (χ1v) is 13.0. The number of nitrogens with zero attached hydrogens (tertiary/aromatic N) is 3. The minimum absolute atomic E-state index is 0.124. The second kappa shape index (κ2) is 14.9. The van der Waals surface area contributed by atoms with Crippen molar-refractivity contribution in [2.45, 2.75) is 57.3 Å². The van der Waals surface area contributed by atoms with Crippen LogP contribution in [0.1, 0.15) is 44.9 Å². The number of hydrogen-bond acceptors (Lipinski definition) is 10. The number of carboxylic acid groups (broad SMARTS) is 1. The van der Waals surface area contributed by atoms with Crippen molar-refractivity contribution in [3.8, 4) is 5.75 Å². The van der Waals surface area contributed by atoms with Crippen LogP contribution in [0.2, 0.25) is 0 Å². The summed E-state index contributed by atoms with van der Waals surface area (Å²) in [6.45, 7) is 0.0166. The Hall–Kier alpha value is -2.68. The van der Waals surface area contributed by atoms with Crippen molar-refractivity contribution >= 4 is 25.2 Å². The Balaban J connectivity index is 2.32. The topological polar surface area (TPSA) is 212 Å². The number of aliphatic carboxylic acids is 1. The summed E-state index contributed by atoms with van der Waals surface area (Å²) in [7, 11) is -0.0792. The van der Waals surface area contributed by atoms with Crippen molar-refractivity contribution in [2.75, 3.05) is 34.4 Å². The van der Waals surface area contributed by atoms with E-state index in [0.29, 0.717) is 19.3 Å². The van der Waals surface area contributed by atoms with E-state index in [2.05, 4.69) is 0 Å². The summed E-state index contributed by atoms with van der Waals surface area (Å²) in [6.07, 6.45) is -0.0371. The third kappa shape index (κ3) is 12.4. The number of benzene rings is 1. The maximum Gasteiger partial charge on any atom is 0.472 e. The highest BCUT2D eigenvalue weighted by molar-refractivity contribution is 7.47. The molecule has 0 spiro atoms. The van der Waals surface area contributed by atoms with Crippen LogP contribution in [0.3, 0.4) is 0 Å². The minimum atomic E-state index is -4.63. The zero-order valence-electron chi connectivity index (χ0n) is 21.0. The number of phosphoric ester groups is 1. The highest BCUT2D eigenvalue weighted by Crippen LogP contribution is 2.46.